The van der Waals surface area contributed by atoms with Crippen LogP contribution in [0.1, 0.15) is 29.8 Å². The Bertz CT molecular complexity index is 473. The van der Waals surface area contributed by atoms with Crippen molar-refractivity contribution >= 4 is 23.4 Å². The molecule has 2 unspecified atom stereocenters. The van der Waals surface area contributed by atoms with Crippen LogP contribution in [-0.2, 0) is 0 Å². The zero-order valence-corrected chi connectivity index (χ0v) is 12.3. The maximum Gasteiger partial charge on any atom is 0.254 e. The number of carbonyl (C=O) groups excluding carboxylic acids is 1. The molecule has 1 fully saturated rings. The molecule has 2 rings (SSSR count). The highest BCUT2D eigenvalue weighted by atomic mass is 32.2. The van der Waals surface area contributed by atoms with E-state index in [9.17, 15) is 9.18 Å². The van der Waals surface area contributed by atoms with Crippen molar-refractivity contribution in [3.63, 3.8) is 0 Å². The number of amides is 1. The molecule has 1 aliphatic heterocycles. The van der Waals surface area contributed by atoms with E-state index in [0.717, 1.165) is 0 Å². The quantitative estimate of drug-likeness (QED) is 0.806. The van der Waals surface area contributed by atoms with Gasteiger partial charge < -0.3 is 10.6 Å². The zero-order chi connectivity index (χ0) is 14.2. The average molecular weight is 282 g/mol. The van der Waals surface area contributed by atoms with Gasteiger partial charge >= 0.3 is 0 Å². The van der Waals surface area contributed by atoms with Gasteiger partial charge in [-0.05, 0) is 19.1 Å². The van der Waals surface area contributed by atoms with E-state index >= 15 is 0 Å². The number of carbonyl (C=O) groups is 1. The van der Waals surface area contributed by atoms with Crippen molar-refractivity contribution in [2.24, 2.45) is 0 Å². The normalized spacial score (nSPS) is 23.5. The van der Waals surface area contributed by atoms with Crippen LogP contribution < -0.4 is 5.73 Å². The number of nitrogens with zero attached hydrogens (tertiary/aromatic N) is 1. The van der Waals surface area contributed by atoms with Crippen LogP contribution in [0.3, 0.4) is 0 Å². The summed E-state index contributed by atoms with van der Waals surface area (Å²) < 4.78 is 13.7. The maximum absolute atomic E-state index is 13.7. The molecule has 1 aromatic carbocycles. The van der Waals surface area contributed by atoms with Gasteiger partial charge in [0.2, 0.25) is 0 Å². The summed E-state index contributed by atoms with van der Waals surface area (Å²) in [7, 11) is 0. The molecule has 0 saturated carbocycles. The second-order valence-electron chi connectivity index (χ2n) is 5.14. The summed E-state index contributed by atoms with van der Waals surface area (Å²) >= 11 is 1.87. The smallest absolute Gasteiger partial charge is 0.254 e. The number of anilines is 1. The second-order valence-corrected chi connectivity index (χ2v) is 7.02. The molecule has 0 aromatic heterocycles. The minimum Gasteiger partial charge on any atom is -0.398 e. The van der Waals surface area contributed by atoms with Gasteiger partial charge in [-0.3, -0.25) is 4.79 Å². The number of nitrogens with two attached hydrogens (primary N) is 1. The van der Waals surface area contributed by atoms with Gasteiger partial charge in [0, 0.05) is 40.4 Å². The van der Waals surface area contributed by atoms with Crippen LogP contribution in [0, 0.1) is 12.7 Å². The molecule has 0 radical (unpaired) electrons. The van der Waals surface area contributed by atoms with Crippen LogP contribution in [0.15, 0.2) is 12.1 Å². The predicted molar refractivity (Wildman–Crippen MR) is 78.0 cm³/mol. The van der Waals surface area contributed by atoms with Gasteiger partial charge in [-0.15, -0.1) is 0 Å². The Morgan fingerprint density at radius 3 is 2.47 bits per heavy atom. The largest absolute Gasteiger partial charge is 0.398 e. The summed E-state index contributed by atoms with van der Waals surface area (Å²) in [6, 6.07) is 2.85. The molecule has 0 spiro atoms. The summed E-state index contributed by atoms with van der Waals surface area (Å²) in [6.45, 7) is 7.21. The van der Waals surface area contributed by atoms with Crippen LogP contribution >= 0.6 is 11.8 Å². The van der Waals surface area contributed by atoms with Gasteiger partial charge in [0.05, 0.1) is 0 Å². The lowest BCUT2D eigenvalue weighted by Crippen LogP contribution is -2.44. The van der Waals surface area contributed by atoms with Gasteiger partial charge in [-0.25, -0.2) is 4.39 Å². The third-order valence-electron chi connectivity index (χ3n) is 3.34. The van der Waals surface area contributed by atoms with Crippen molar-refractivity contribution in [3.8, 4) is 0 Å². The number of hydrogen-bond acceptors (Lipinski definition) is 3. The first-order chi connectivity index (χ1) is 8.88. The molecule has 2 N–H and O–H groups in total. The first kappa shape index (κ1) is 14.2. The number of thioether (sulfide) groups is 1. The van der Waals surface area contributed by atoms with Crippen LogP contribution in [0.25, 0.3) is 0 Å². The Balaban J connectivity index is 2.24. The van der Waals surface area contributed by atoms with Crippen LogP contribution in [-0.4, -0.2) is 34.4 Å². The zero-order valence-electron chi connectivity index (χ0n) is 11.4. The van der Waals surface area contributed by atoms with Crippen LogP contribution in [0.4, 0.5) is 10.1 Å². The maximum atomic E-state index is 13.7. The van der Waals surface area contributed by atoms with E-state index in [2.05, 4.69) is 13.8 Å². The molecule has 1 aliphatic rings. The standard InChI is InChI=1S/C14H19FN2OS/c1-8-6-17(7-9(2)19-8)14(18)11-4-12(15)10(3)13(16)5-11/h4-5,8-9H,6-7,16H2,1-3H3. The molecule has 1 heterocycles. The van der Waals surface area contributed by atoms with Gasteiger partial charge in [-0.1, -0.05) is 13.8 Å². The molecular formula is C14H19FN2OS. The fraction of sp³-hybridized carbons (Fsp3) is 0.500. The summed E-state index contributed by atoms with van der Waals surface area (Å²) in [4.78, 5) is 14.2. The van der Waals surface area contributed by atoms with Crippen molar-refractivity contribution < 1.29 is 9.18 Å². The monoisotopic (exact) mass is 282 g/mol. The number of hydrogen-bond donors (Lipinski definition) is 1. The van der Waals surface area contributed by atoms with Gasteiger partial charge in [-0.2, -0.15) is 11.8 Å². The lowest BCUT2D eigenvalue weighted by molar-refractivity contribution is 0.0753. The van der Waals surface area contributed by atoms with E-state index in [0.29, 0.717) is 40.4 Å². The topological polar surface area (TPSA) is 46.3 Å². The lowest BCUT2D eigenvalue weighted by Gasteiger charge is -2.34. The van der Waals surface area contributed by atoms with E-state index in [4.69, 9.17) is 5.73 Å². The van der Waals surface area contributed by atoms with Crippen molar-refractivity contribution in [1.82, 2.24) is 4.90 Å². The highest BCUT2D eigenvalue weighted by Gasteiger charge is 2.27. The third-order valence-corrected chi connectivity index (χ3v) is 4.57. The highest BCUT2D eigenvalue weighted by molar-refractivity contribution is 8.00. The van der Waals surface area contributed by atoms with E-state index in [1.807, 2.05) is 11.8 Å². The van der Waals surface area contributed by atoms with E-state index < -0.39 is 5.82 Å². The minimum atomic E-state index is -0.421. The molecule has 0 bridgehead atoms. The number of halogens is 1. The number of benzene rings is 1. The Morgan fingerprint density at radius 1 is 1.37 bits per heavy atom. The lowest BCUT2D eigenvalue weighted by atomic mass is 10.1. The van der Waals surface area contributed by atoms with Crippen LogP contribution in [0.2, 0.25) is 0 Å². The fourth-order valence-electron chi connectivity index (χ4n) is 2.35. The summed E-state index contributed by atoms with van der Waals surface area (Å²) in [6.07, 6.45) is 0. The van der Waals surface area contributed by atoms with Crippen molar-refractivity contribution in [2.75, 3.05) is 18.8 Å². The van der Waals surface area contributed by atoms with E-state index in [-0.39, 0.29) is 5.91 Å². The fourth-order valence-corrected chi connectivity index (χ4v) is 3.68. The highest BCUT2D eigenvalue weighted by Crippen LogP contribution is 2.26. The molecule has 104 valence electrons. The summed E-state index contributed by atoms with van der Waals surface area (Å²) in [5, 5.41) is 0.806. The second kappa shape index (κ2) is 5.41. The molecule has 0 aliphatic carbocycles. The Morgan fingerprint density at radius 2 is 1.95 bits per heavy atom. The van der Waals surface area contributed by atoms with Crippen molar-refractivity contribution in [2.45, 2.75) is 31.3 Å². The molecule has 19 heavy (non-hydrogen) atoms. The number of nitrogen functional groups attached to an aromatic ring is 1. The summed E-state index contributed by atoms with van der Waals surface area (Å²) in [5.74, 6) is -0.555. The Labute approximate surface area is 117 Å². The molecule has 2 atom stereocenters. The van der Waals surface area contributed by atoms with Crippen molar-refractivity contribution in [3.05, 3.63) is 29.1 Å². The third kappa shape index (κ3) is 3.03. The molecule has 1 amide bonds. The van der Waals surface area contributed by atoms with E-state index in [1.54, 1.807) is 17.9 Å². The predicted octanol–water partition coefficient (Wildman–Crippen LogP) is 2.68. The molecule has 1 aromatic rings. The number of rotatable bonds is 1. The van der Waals surface area contributed by atoms with Crippen LogP contribution in [0.5, 0.6) is 0 Å². The first-order valence-corrected chi connectivity index (χ1v) is 7.33. The van der Waals surface area contributed by atoms with Crippen molar-refractivity contribution in [1.29, 1.82) is 0 Å². The van der Waals surface area contributed by atoms with E-state index in [1.165, 1.54) is 6.07 Å². The van der Waals surface area contributed by atoms with Gasteiger partial charge in [0.25, 0.3) is 5.91 Å². The molecule has 5 heteroatoms. The average Bonchev–Trinajstić information content (AvgIpc) is 2.33. The SMILES string of the molecule is Cc1c(N)cc(C(=O)N2CC(C)SC(C)C2)cc1F. The van der Waals surface area contributed by atoms with Gasteiger partial charge in [0.1, 0.15) is 5.82 Å². The summed E-state index contributed by atoms with van der Waals surface area (Å²) in [5.41, 5.74) is 6.79. The minimum absolute atomic E-state index is 0.135. The Hall–Kier alpha value is -1.23. The molecular weight excluding hydrogens is 263 g/mol. The first-order valence-electron chi connectivity index (χ1n) is 6.39. The molecule has 1 saturated heterocycles. The van der Waals surface area contributed by atoms with Gasteiger partial charge in [0.15, 0.2) is 0 Å². The molecule has 3 nitrogen and oxygen atoms in total. The Kier molecular flexibility index (Phi) is 4.04.